The van der Waals surface area contributed by atoms with Crippen molar-refractivity contribution in [2.75, 3.05) is 5.32 Å². The number of nitrogens with one attached hydrogen (secondary N) is 1. The van der Waals surface area contributed by atoms with E-state index in [1.807, 2.05) is 20.0 Å². The van der Waals surface area contributed by atoms with E-state index in [1.165, 1.54) is 11.3 Å². The Labute approximate surface area is 156 Å². The van der Waals surface area contributed by atoms with Crippen LogP contribution in [0.25, 0.3) is 5.69 Å². The summed E-state index contributed by atoms with van der Waals surface area (Å²) in [6.07, 6.45) is 3.51. The maximum absolute atomic E-state index is 12.5. The predicted octanol–water partition coefficient (Wildman–Crippen LogP) is 3.66. The van der Waals surface area contributed by atoms with Gasteiger partial charge in [0.2, 0.25) is 0 Å². The molecule has 0 aliphatic heterocycles. The van der Waals surface area contributed by atoms with Gasteiger partial charge in [-0.15, -0.1) is 11.3 Å². The fraction of sp³-hybridized carbons (Fsp3) is 0.118. The fourth-order valence-corrected chi connectivity index (χ4v) is 3.74. The lowest BCUT2D eigenvalue weighted by Gasteiger charge is -2.06. The fourth-order valence-electron chi connectivity index (χ4n) is 2.39. The third-order valence-corrected chi connectivity index (χ3v) is 5.34. The molecule has 2 aromatic heterocycles. The van der Waals surface area contributed by atoms with E-state index >= 15 is 0 Å². The number of hydrogen-bond donors (Lipinski definition) is 2. The van der Waals surface area contributed by atoms with Gasteiger partial charge in [0, 0.05) is 16.6 Å². The number of aromatic nitrogens is 2. The molecular formula is C17H15BrN4O2S. The van der Waals surface area contributed by atoms with Gasteiger partial charge in [-0.2, -0.15) is 5.10 Å². The maximum Gasteiger partial charge on any atom is 0.256 e. The smallest absolute Gasteiger partial charge is 0.256 e. The van der Waals surface area contributed by atoms with Gasteiger partial charge in [0.25, 0.3) is 11.8 Å². The highest BCUT2D eigenvalue weighted by Gasteiger charge is 2.19. The quantitative estimate of drug-likeness (QED) is 0.676. The van der Waals surface area contributed by atoms with Crippen LogP contribution >= 0.6 is 27.3 Å². The molecule has 2 amide bonds. The number of nitrogens with two attached hydrogens (primary N) is 1. The van der Waals surface area contributed by atoms with Crippen LogP contribution in [0.2, 0.25) is 0 Å². The second-order valence-electron chi connectivity index (χ2n) is 5.46. The van der Waals surface area contributed by atoms with E-state index < -0.39 is 5.91 Å². The summed E-state index contributed by atoms with van der Waals surface area (Å²) in [6, 6.07) is 7.01. The second kappa shape index (κ2) is 6.81. The van der Waals surface area contributed by atoms with Crippen molar-refractivity contribution in [2.45, 2.75) is 13.8 Å². The van der Waals surface area contributed by atoms with Crippen molar-refractivity contribution in [1.82, 2.24) is 9.78 Å². The Kier molecular flexibility index (Phi) is 4.73. The normalized spacial score (nSPS) is 10.7. The van der Waals surface area contributed by atoms with E-state index in [-0.39, 0.29) is 5.91 Å². The van der Waals surface area contributed by atoms with Gasteiger partial charge in [0.1, 0.15) is 5.00 Å². The van der Waals surface area contributed by atoms with Crippen LogP contribution in [-0.4, -0.2) is 21.6 Å². The Balaban J connectivity index is 1.83. The SMILES string of the molecule is Cc1sc(NC(=O)c2ccc(-n3cc(Br)cn3)cc2)c(C(N)=O)c1C. The standard InChI is InChI=1S/C17H15BrN4O2S/c1-9-10(2)25-17(14(9)15(19)23)21-16(24)11-3-5-13(6-4-11)22-8-12(18)7-20-22/h3-8H,1-2H3,(H2,19,23)(H,21,24). The summed E-state index contributed by atoms with van der Waals surface area (Å²) in [4.78, 5) is 25.1. The van der Waals surface area contributed by atoms with Crippen LogP contribution < -0.4 is 11.1 Å². The monoisotopic (exact) mass is 418 g/mol. The molecule has 2 heterocycles. The van der Waals surface area contributed by atoms with Crippen molar-refractivity contribution in [2.24, 2.45) is 5.73 Å². The zero-order valence-corrected chi connectivity index (χ0v) is 15.9. The number of carbonyl (C=O) groups is 2. The number of benzene rings is 1. The highest BCUT2D eigenvalue weighted by molar-refractivity contribution is 9.10. The number of aryl methyl sites for hydroxylation is 1. The number of carbonyl (C=O) groups excluding carboxylic acids is 2. The molecular weight excluding hydrogens is 404 g/mol. The number of halogens is 1. The lowest BCUT2D eigenvalue weighted by molar-refractivity contribution is 0.100. The maximum atomic E-state index is 12.5. The number of amides is 2. The minimum atomic E-state index is -0.545. The summed E-state index contributed by atoms with van der Waals surface area (Å²) < 4.78 is 2.57. The Morgan fingerprint density at radius 3 is 2.48 bits per heavy atom. The first-order valence-electron chi connectivity index (χ1n) is 7.38. The molecule has 0 radical (unpaired) electrons. The van der Waals surface area contributed by atoms with E-state index in [4.69, 9.17) is 5.73 Å². The first kappa shape index (κ1) is 17.4. The number of anilines is 1. The lowest BCUT2D eigenvalue weighted by Crippen LogP contribution is -2.17. The summed E-state index contributed by atoms with van der Waals surface area (Å²) in [5.74, 6) is -0.839. The van der Waals surface area contributed by atoms with Gasteiger partial charge in [-0.3, -0.25) is 9.59 Å². The highest BCUT2D eigenvalue weighted by atomic mass is 79.9. The topological polar surface area (TPSA) is 90.0 Å². The Morgan fingerprint density at radius 2 is 1.92 bits per heavy atom. The molecule has 25 heavy (non-hydrogen) atoms. The van der Waals surface area contributed by atoms with Gasteiger partial charge in [0.05, 0.1) is 21.9 Å². The van der Waals surface area contributed by atoms with Crippen molar-refractivity contribution < 1.29 is 9.59 Å². The molecule has 0 aliphatic rings. The minimum absolute atomic E-state index is 0.294. The van der Waals surface area contributed by atoms with Crippen molar-refractivity contribution in [3.63, 3.8) is 0 Å². The van der Waals surface area contributed by atoms with E-state index in [2.05, 4.69) is 26.3 Å². The molecule has 0 fully saturated rings. The summed E-state index contributed by atoms with van der Waals surface area (Å²) in [6.45, 7) is 3.71. The van der Waals surface area contributed by atoms with Gasteiger partial charge in [-0.1, -0.05) is 0 Å². The van der Waals surface area contributed by atoms with Crippen molar-refractivity contribution in [1.29, 1.82) is 0 Å². The van der Waals surface area contributed by atoms with Crippen LogP contribution in [0.3, 0.4) is 0 Å². The lowest BCUT2D eigenvalue weighted by atomic mass is 10.1. The molecule has 3 aromatic rings. The Morgan fingerprint density at radius 1 is 1.24 bits per heavy atom. The van der Waals surface area contributed by atoms with Crippen LogP contribution in [0.5, 0.6) is 0 Å². The molecule has 0 atom stereocenters. The molecule has 0 saturated carbocycles. The Hall–Kier alpha value is -2.45. The van der Waals surface area contributed by atoms with Gasteiger partial charge >= 0.3 is 0 Å². The summed E-state index contributed by atoms with van der Waals surface area (Å²) in [5.41, 5.74) is 7.92. The van der Waals surface area contributed by atoms with Gasteiger partial charge in [0.15, 0.2) is 0 Å². The summed E-state index contributed by atoms with van der Waals surface area (Å²) in [5, 5.41) is 7.45. The summed E-state index contributed by atoms with van der Waals surface area (Å²) in [7, 11) is 0. The molecule has 0 spiro atoms. The Bertz CT molecular complexity index is 960. The van der Waals surface area contributed by atoms with Crippen LogP contribution in [0.15, 0.2) is 41.1 Å². The van der Waals surface area contributed by atoms with Crippen molar-refractivity contribution in [3.8, 4) is 5.69 Å². The largest absolute Gasteiger partial charge is 0.365 e. The van der Waals surface area contributed by atoms with Crippen LogP contribution in [0.1, 0.15) is 31.2 Å². The molecule has 8 heteroatoms. The van der Waals surface area contributed by atoms with Gasteiger partial charge in [-0.05, 0) is 59.6 Å². The average molecular weight is 419 g/mol. The third-order valence-electron chi connectivity index (χ3n) is 3.80. The molecule has 0 aliphatic carbocycles. The molecule has 0 unspecified atom stereocenters. The average Bonchev–Trinajstić information content (AvgIpc) is 3.11. The molecule has 6 nitrogen and oxygen atoms in total. The van der Waals surface area contributed by atoms with E-state index in [0.29, 0.717) is 16.1 Å². The van der Waals surface area contributed by atoms with E-state index in [0.717, 1.165) is 20.6 Å². The molecule has 128 valence electrons. The number of primary amides is 1. The zero-order chi connectivity index (χ0) is 18.1. The minimum Gasteiger partial charge on any atom is -0.365 e. The predicted molar refractivity (Wildman–Crippen MR) is 102 cm³/mol. The number of rotatable bonds is 4. The first-order valence-corrected chi connectivity index (χ1v) is 8.99. The summed E-state index contributed by atoms with van der Waals surface area (Å²) >= 11 is 4.69. The number of thiophene rings is 1. The number of hydrogen-bond acceptors (Lipinski definition) is 4. The second-order valence-corrected chi connectivity index (χ2v) is 7.60. The molecule has 1 aromatic carbocycles. The van der Waals surface area contributed by atoms with Gasteiger partial charge < -0.3 is 11.1 Å². The van der Waals surface area contributed by atoms with Crippen molar-refractivity contribution >= 4 is 44.1 Å². The first-order chi connectivity index (χ1) is 11.9. The van der Waals surface area contributed by atoms with E-state index in [9.17, 15) is 9.59 Å². The van der Waals surface area contributed by atoms with Crippen LogP contribution in [-0.2, 0) is 0 Å². The molecule has 0 saturated heterocycles. The van der Waals surface area contributed by atoms with Crippen LogP contribution in [0.4, 0.5) is 5.00 Å². The highest BCUT2D eigenvalue weighted by Crippen LogP contribution is 2.32. The third kappa shape index (κ3) is 3.49. The molecule has 3 N–H and O–H groups in total. The zero-order valence-electron chi connectivity index (χ0n) is 13.5. The molecule has 0 bridgehead atoms. The van der Waals surface area contributed by atoms with Gasteiger partial charge in [-0.25, -0.2) is 4.68 Å². The molecule has 3 rings (SSSR count). The van der Waals surface area contributed by atoms with E-state index in [1.54, 1.807) is 35.1 Å². The number of nitrogens with zero attached hydrogens (tertiary/aromatic N) is 2. The van der Waals surface area contributed by atoms with Crippen molar-refractivity contribution in [3.05, 3.63) is 62.7 Å². The van der Waals surface area contributed by atoms with Crippen LogP contribution in [0, 0.1) is 13.8 Å².